The maximum Gasteiger partial charge on any atom is 0.256 e. The maximum atomic E-state index is 13.2. The third-order valence-electron chi connectivity index (χ3n) is 5.45. The number of pyridine rings is 1. The van der Waals surface area contributed by atoms with Crippen molar-refractivity contribution in [2.45, 2.75) is 25.3 Å². The lowest BCUT2D eigenvalue weighted by atomic mass is 10.1. The van der Waals surface area contributed by atoms with E-state index in [2.05, 4.69) is 15.4 Å². The van der Waals surface area contributed by atoms with E-state index in [-0.39, 0.29) is 10.8 Å². The van der Waals surface area contributed by atoms with Crippen LogP contribution in [0.4, 0.5) is 5.69 Å². The van der Waals surface area contributed by atoms with Crippen LogP contribution in [0.25, 0.3) is 10.9 Å². The van der Waals surface area contributed by atoms with Crippen LogP contribution in [-0.2, 0) is 16.4 Å². The van der Waals surface area contributed by atoms with Crippen molar-refractivity contribution in [2.75, 3.05) is 18.7 Å². The van der Waals surface area contributed by atoms with E-state index in [9.17, 15) is 13.2 Å². The lowest BCUT2D eigenvalue weighted by Crippen LogP contribution is -2.14. The van der Waals surface area contributed by atoms with E-state index in [0.717, 1.165) is 16.6 Å². The van der Waals surface area contributed by atoms with Gasteiger partial charge in [0.1, 0.15) is 0 Å². The number of nitrogens with zero attached hydrogens (tertiary/aromatic N) is 3. The zero-order valence-corrected chi connectivity index (χ0v) is 19.6. The van der Waals surface area contributed by atoms with Crippen LogP contribution >= 0.6 is 0 Å². The number of fused-ring (bicyclic) bond motifs is 1. The Morgan fingerprint density at radius 1 is 1.09 bits per heavy atom. The van der Waals surface area contributed by atoms with Crippen LogP contribution < -0.4 is 10.1 Å². The molecule has 0 fully saturated rings. The number of hydrogen-bond acceptors (Lipinski definition) is 6. The molecule has 0 bridgehead atoms. The van der Waals surface area contributed by atoms with Crippen molar-refractivity contribution in [1.29, 1.82) is 0 Å². The van der Waals surface area contributed by atoms with Gasteiger partial charge in [-0.2, -0.15) is 5.10 Å². The van der Waals surface area contributed by atoms with Crippen LogP contribution in [0.1, 0.15) is 27.3 Å². The summed E-state index contributed by atoms with van der Waals surface area (Å²) >= 11 is 0. The average molecular weight is 465 g/mol. The smallest absolute Gasteiger partial charge is 0.256 e. The summed E-state index contributed by atoms with van der Waals surface area (Å²) in [6.45, 7) is 4.15. The monoisotopic (exact) mass is 464 g/mol. The van der Waals surface area contributed by atoms with Gasteiger partial charge in [-0.15, -0.1) is 0 Å². The summed E-state index contributed by atoms with van der Waals surface area (Å²) in [7, 11) is -1.73. The number of ether oxygens (including phenoxy) is 1. The van der Waals surface area contributed by atoms with Crippen LogP contribution in [0.2, 0.25) is 0 Å². The standard InChI is InChI=1S/C24H24N4O4S/c1-15-23(16(2)28(27-15)14-17-9-11-18(12-10-17)33(4,30)31)26-24(29)20-13-22(32-3)25-21-8-6-5-7-19(20)21/h5-13H,14H2,1-4H3,(H,26,29). The summed E-state index contributed by atoms with van der Waals surface area (Å²) in [5.74, 6) is 0.0793. The summed E-state index contributed by atoms with van der Waals surface area (Å²) in [6, 6.07) is 15.7. The largest absolute Gasteiger partial charge is 0.481 e. The minimum atomic E-state index is -3.25. The second kappa shape index (κ2) is 8.67. The van der Waals surface area contributed by atoms with Crippen molar-refractivity contribution in [2.24, 2.45) is 0 Å². The molecule has 33 heavy (non-hydrogen) atoms. The van der Waals surface area contributed by atoms with Gasteiger partial charge in [0.2, 0.25) is 5.88 Å². The first-order valence-corrected chi connectivity index (χ1v) is 12.1. The minimum absolute atomic E-state index is 0.271. The van der Waals surface area contributed by atoms with E-state index in [1.807, 2.05) is 38.1 Å². The molecule has 0 aliphatic carbocycles. The first-order valence-electron chi connectivity index (χ1n) is 10.3. The number of carbonyl (C=O) groups is 1. The molecule has 0 radical (unpaired) electrons. The van der Waals surface area contributed by atoms with Gasteiger partial charge in [-0.1, -0.05) is 30.3 Å². The average Bonchev–Trinajstić information content (AvgIpc) is 3.05. The van der Waals surface area contributed by atoms with Crippen molar-refractivity contribution in [3.63, 3.8) is 0 Å². The van der Waals surface area contributed by atoms with E-state index in [0.29, 0.717) is 34.9 Å². The molecule has 0 aliphatic heterocycles. The van der Waals surface area contributed by atoms with Crippen LogP contribution in [0.3, 0.4) is 0 Å². The molecule has 9 heteroatoms. The fraction of sp³-hybridized carbons (Fsp3) is 0.208. The van der Waals surface area contributed by atoms with Crippen LogP contribution in [0.5, 0.6) is 5.88 Å². The zero-order chi connectivity index (χ0) is 23.8. The summed E-state index contributed by atoms with van der Waals surface area (Å²) in [5.41, 5.74) is 4.13. The fourth-order valence-electron chi connectivity index (χ4n) is 3.67. The normalized spacial score (nSPS) is 11.5. The number of amides is 1. The Labute approximate surface area is 192 Å². The number of aryl methyl sites for hydroxylation is 1. The first kappa shape index (κ1) is 22.5. The van der Waals surface area contributed by atoms with Crippen molar-refractivity contribution in [3.8, 4) is 5.88 Å². The Hall–Kier alpha value is -3.72. The Morgan fingerprint density at radius 3 is 2.45 bits per heavy atom. The van der Waals surface area contributed by atoms with Gasteiger partial charge < -0.3 is 10.1 Å². The van der Waals surface area contributed by atoms with E-state index in [1.165, 1.54) is 13.4 Å². The molecule has 0 spiro atoms. The Balaban J connectivity index is 1.62. The van der Waals surface area contributed by atoms with Gasteiger partial charge in [0, 0.05) is 17.7 Å². The summed E-state index contributed by atoms with van der Waals surface area (Å²) in [6.07, 6.45) is 1.18. The van der Waals surface area contributed by atoms with Crippen LogP contribution in [-0.4, -0.2) is 42.5 Å². The van der Waals surface area contributed by atoms with Gasteiger partial charge in [0.15, 0.2) is 9.84 Å². The molecule has 170 valence electrons. The van der Waals surface area contributed by atoms with Gasteiger partial charge in [0.05, 0.1) is 46.7 Å². The molecule has 2 heterocycles. The van der Waals surface area contributed by atoms with Gasteiger partial charge in [-0.3, -0.25) is 9.48 Å². The zero-order valence-electron chi connectivity index (χ0n) is 18.8. The second-order valence-corrected chi connectivity index (χ2v) is 9.82. The predicted molar refractivity (Wildman–Crippen MR) is 127 cm³/mol. The summed E-state index contributed by atoms with van der Waals surface area (Å²) < 4.78 is 30.4. The number of para-hydroxylation sites is 1. The molecule has 0 saturated heterocycles. The minimum Gasteiger partial charge on any atom is -0.481 e. The Morgan fingerprint density at radius 2 is 1.79 bits per heavy atom. The number of benzene rings is 2. The number of hydrogen-bond donors (Lipinski definition) is 1. The molecule has 4 aromatic rings. The van der Waals surface area contributed by atoms with Gasteiger partial charge >= 0.3 is 0 Å². The molecule has 0 atom stereocenters. The molecule has 0 aliphatic rings. The number of sulfone groups is 1. The highest BCUT2D eigenvalue weighted by Gasteiger charge is 2.18. The van der Waals surface area contributed by atoms with Crippen LogP contribution in [0.15, 0.2) is 59.5 Å². The highest BCUT2D eigenvalue weighted by atomic mass is 32.2. The highest BCUT2D eigenvalue weighted by Crippen LogP contribution is 2.26. The highest BCUT2D eigenvalue weighted by molar-refractivity contribution is 7.90. The van der Waals surface area contributed by atoms with Gasteiger partial charge in [0.25, 0.3) is 5.91 Å². The molecule has 8 nitrogen and oxygen atoms in total. The van der Waals surface area contributed by atoms with Crippen LogP contribution in [0, 0.1) is 13.8 Å². The number of carbonyl (C=O) groups excluding carboxylic acids is 1. The number of anilines is 1. The number of methoxy groups -OCH3 is 1. The summed E-state index contributed by atoms with van der Waals surface area (Å²) in [4.78, 5) is 17.9. The number of rotatable bonds is 6. The van der Waals surface area contributed by atoms with Gasteiger partial charge in [-0.25, -0.2) is 13.4 Å². The van der Waals surface area contributed by atoms with E-state index in [4.69, 9.17) is 4.74 Å². The van der Waals surface area contributed by atoms with Crippen molar-refractivity contribution in [1.82, 2.24) is 14.8 Å². The number of aromatic nitrogens is 3. The molecule has 1 amide bonds. The lowest BCUT2D eigenvalue weighted by Gasteiger charge is -2.11. The lowest BCUT2D eigenvalue weighted by molar-refractivity contribution is 0.102. The molecular formula is C24H24N4O4S. The molecular weight excluding hydrogens is 440 g/mol. The third-order valence-corrected chi connectivity index (χ3v) is 6.58. The van der Waals surface area contributed by atoms with E-state index in [1.54, 1.807) is 35.0 Å². The second-order valence-electron chi connectivity index (χ2n) is 7.80. The third kappa shape index (κ3) is 4.58. The van der Waals surface area contributed by atoms with Crippen molar-refractivity contribution in [3.05, 3.63) is 77.1 Å². The van der Waals surface area contributed by atoms with Crippen molar-refractivity contribution < 1.29 is 17.9 Å². The van der Waals surface area contributed by atoms with Crippen molar-refractivity contribution >= 4 is 32.3 Å². The van der Waals surface area contributed by atoms with E-state index >= 15 is 0 Å². The fourth-order valence-corrected chi connectivity index (χ4v) is 4.30. The quantitative estimate of drug-likeness (QED) is 0.466. The molecule has 4 rings (SSSR count). The molecule has 1 N–H and O–H groups in total. The Kier molecular flexibility index (Phi) is 5.90. The maximum absolute atomic E-state index is 13.2. The molecule has 0 unspecified atom stereocenters. The summed E-state index contributed by atoms with van der Waals surface area (Å²) in [5, 5.41) is 8.28. The molecule has 0 saturated carbocycles. The first-order chi connectivity index (χ1) is 15.7. The van der Waals surface area contributed by atoms with E-state index < -0.39 is 9.84 Å². The number of nitrogens with one attached hydrogen (secondary N) is 1. The molecule has 2 aromatic heterocycles. The molecule has 2 aromatic carbocycles. The SMILES string of the molecule is COc1cc(C(=O)Nc2c(C)nn(Cc3ccc(S(C)(=O)=O)cc3)c2C)c2ccccc2n1. The van der Waals surface area contributed by atoms with Gasteiger partial charge in [-0.05, 0) is 37.6 Å². The Bertz CT molecular complexity index is 1460. The predicted octanol–water partition coefficient (Wildman–Crippen LogP) is 3.76. The topological polar surface area (TPSA) is 103 Å².